The zero-order valence-corrected chi connectivity index (χ0v) is 11.3. The maximum atomic E-state index is 11.3. The highest BCUT2D eigenvalue weighted by Crippen LogP contribution is 2.48. The number of carbonyl (C=O) groups is 1. The smallest absolute Gasteiger partial charge is 0.160 e. The van der Waals surface area contributed by atoms with Crippen LogP contribution in [0, 0.1) is 11.3 Å². The molecule has 0 bridgehead atoms. The minimum Gasteiger partial charge on any atom is -0.370 e. The van der Waals surface area contributed by atoms with Crippen LogP contribution in [0.2, 0.25) is 0 Å². The molecule has 4 fully saturated rings. The summed E-state index contributed by atoms with van der Waals surface area (Å²) < 4.78 is 17.7. The number of epoxide rings is 1. The highest BCUT2D eigenvalue weighted by atomic mass is 16.7. The summed E-state index contributed by atoms with van der Waals surface area (Å²) in [5.41, 5.74) is 0.207. The monoisotopic (exact) mass is 266 g/mol. The van der Waals surface area contributed by atoms with E-state index in [0.29, 0.717) is 36.8 Å². The minimum atomic E-state index is -0.0726. The van der Waals surface area contributed by atoms with Crippen LogP contribution in [0.3, 0.4) is 0 Å². The first kappa shape index (κ1) is 12.3. The second-order valence-corrected chi connectivity index (χ2v) is 6.82. The Labute approximate surface area is 113 Å². The van der Waals surface area contributed by atoms with Gasteiger partial charge in [0.25, 0.3) is 0 Å². The summed E-state index contributed by atoms with van der Waals surface area (Å²) in [6.07, 6.45) is 7.66. The SMILES string of the molecule is O=C1CCC(C2OCC3(CCC4OC4C3)CO2)CC1. The standard InChI is InChI=1S/C15H22O4/c16-11-3-1-10(2-4-11)14-17-8-15(9-18-14)6-5-12-13(7-15)19-12/h10,12-14H,1-9H2. The molecular formula is C15H22O4. The zero-order valence-electron chi connectivity index (χ0n) is 11.3. The van der Waals surface area contributed by atoms with Gasteiger partial charge in [-0.05, 0) is 32.1 Å². The Kier molecular flexibility index (Phi) is 2.94. The van der Waals surface area contributed by atoms with Crippen LogP contribution in [0.4, 0.5) is 0 Å². The third kappa shape index (κ3) is 2.34. The number of fused-ring (bicyclic) bond motifs is 1. The van der Waals surface area contributed by atoms with E-state index in [1.807, 2.05) is 0 Å². The highest BCUT2D eigenvalue weighted by molar-refractivity contribution is 5.79. The lowest BCUT2D eigenvalue weighted by Gasteiger charge is -2.43. The van der Waals surface area contributed by atoms with Crippen LogP contribution in [-0.2, 0) is 19.0 Å². The number of ether oxygens (including phenoxy) is 3. The van der Waals surface area contributed by atoms with Crippen LogP contribution in [0.5, 0.6) is 0 Å². The van der Waals surface area contributed by atoms with Crippen molar-refractivity contribution in [3.05, 3.63) is 0 Å². The lowest BCUT2D eigenvalue weighted by atomic mass is 9.74. The van der Waals surface area contributed by atoms with Gasteiger partial charge in [-0.3, -0.25) is 4.79 Å². The predicted octanol–water partition coefficient (Wildman–Crippen LogP) is 2.06. The minimum absolute atomic E-state index is 0.0726. The van der Waals surface area contributed by atoms with Gasteiger partial charge >= 0.3 is 0 Å². The summed E-state index contributed by atoms with van der Waals surface area (Å²) in [5.74, 6) is 0.816. The highest BCUT2D eigenvalue weighted by Gasteiger charge is 2.52. The van der Waals surface area contributed by atoms with Crippen LogP contribution < -0.4 is 0 Å². The van der Waals surface area contributed by atoms with Gasteiger partial charge in [-0.1, -0.05) is 0 Å². The molecule has 106 valence electrons. The summed E-state index contributed by atoms with van der Waals surface area (Å²) in [6.45, 7) is 1.63. The van der Waals surface area contributed by atoms with Gasteiger partial charge in [0.1, 0.15) is 5.78 Å². The van der Waals surface area contributed by atoms with Crippen molar-refractivity contribution in [3.63, 3.8) is 0 Å². The molecule has 0 amide bonds. The van der Waals surface area contributed by atoms with E-state index >= 15 is 0 Å². The first-order valence-electron chi connectivity index (χ1n) is 7.65. The van der Waals surface area contributed by atoms with Crippen LogP contribution in [0.15, 0.2) is 0 Å². The molecular weight excluding hydrogens is 244 g/mol. The van der Waals surface area contributed by atoms with E-state index in [4.69, 9.17) is 14.2 Å². The number of carbonyl (C=O) groups excluding carboxylic acids is 1. The Bertz CT molecular complexity index is 362. The van der Waals surface area contributed by atoms with Crippen molar-refractivity contribution in [2.24, 2.45) is 11.3 Å². The number of hydrogen-bond acceptors (Lipinski definition) is 4. The zero-order chi connectivity index (χ0) is 12.9. The van der Waals surface area contributed by atoms with Gasteiger partial charge in [0.15, 0.2) is 6.29 Å². The maximum Gasteiger partial charge on any atom is 0.160 e. The molecule has 2 saturated carbocycles. The van der Waals surface area contributed by atoms with Crippen molar-refractivity contribution in [2.45, 2.75) is 63.4 Å². The van der Waals surface area contributed by atoms with Crippen molar-refractivity contribution >= 4 is 5.78 Å². The van der Waals surface area contributed by atoms with Gasteiger partial charge in [0, 0.05) is 24.2 Å². The van der Waals surface area contributed by atoms with Crippen molar-refractivity contribution < 1.29 is 19.0 Å². The van der Waals surface area contributed by atoms with Gasteiger partial charge in [-0.15, -0.1) is 0 Å². The number of Topliss-reactive ketones (excluding diaryl/α,β-unsaturated/α-hetero) is 1. The Hall–Kier alpha value is -0.450. The van der Waals surface area contributed by atoms with E-state index in [1.54, 1.807) is 0 Å². The van der Waals surface area contributed by atoms with Crippen LogP contribution in [-0.4, -0.2) is 37.5 Å². The van der Waals surface area contributed by atoms with Crippen molar-refractivity contribution in [1.29, 1.82) is 0 Å². The van der Waals surface area contributed by atoms with Crippen LogP contribution in [0.25, 0.3) is 0 Å². The van der Waals surface area contributed by atoms with Crippen LogP contribution >= 0.6 is 0 Å². The molecule has 2 aliphatic carbocycles. The fraction of sp³-hybridized carbons (Fsp3) is 0.933. The fourth-order valence-electron chi connectivity index (χ4n) is 3.97. The molecule has 4 rings (SSSR count). The molecule has 2 unspecified atom stereocenters. The number of ketones is 1. The predicted molar refractivity (Wildman–Crippen MR) is 67.6 cm³/mol. The Balaban J connectivity index is 1.33. The molecule has 2 saturated heterocycles. The summed E-state index contributed by atoms with van der Waals surface area (Å²) in [5, 5.41) is 0. The topological polar surface area (TPSA) is 48.1 Å². The van der Waals surface area contributed by atoms with Crippen molar-refractivity contribution in [1.82, 2.24) is 0 Å². The molecule has 0 aromatic rings. The molecule has 2 aliphatic heterocycles. The molecule has 19 heavy (non-hydrogen) atoms. The largest absolute Gasteiger partial charge is 0.370 e. The molecule has 2 heterocycles. The van der Waals surface area contributed by atoms with Gasteiger partial charge in [0.05, 0.1) is 25.4 Å². The average molecular weight is 266 g/mol. The maximum absolute atomic E-state index is 11.3. The molecule has 4 aliphatic rings. The lowest BCUT2D eigenvalue weighted by molar-refractivity contribution is -0.257. The molecule has 0 radical (unpaired) electrons. The molecule has 2 atom stereocenters. The quantitative estimate of drug-likeness (QED) is 0.682. The molecule has 4 heteroatoms. The van der Waals surface area contributed by atoms with E-state index < -0.39 is 0 Å². The van der Waals surface area contributed by atoms with Gasteiger partial charge < -0.3 is 14.2 Å². The van der Waals surface area contributed by atoms with E-state index in [-0.39, 0.29) is 11.7 Å². The number of rotatable bonds is 1. The Morgan fingerprint density at radius 2 is 1.74 bits per heavy atom. The van der Waals surface area contributed by atoms with E-state index in [2.05, 4.69) is 0 Å². The van der Waals surface area contributed by atoms with Gasteiger partial charge in [-0.25, -0.2) is 0 Å². The third-order valence-corrected chi connectivity index (χ3v) is 5.36. The normalized spacial score (nSPS) is 47.2. The summed E-state index contributed by atoms with van der Waals surface area (Å²) in [4.78, 5) is 11.3. The van der Waals surface area contributed by atoms with Crippen LogP contribution in [0.1, 0.15) is 44.9 Å². The summed E-state index contributed by atoms with van der Waals surface area (Å²) in [7, 11) is 0. The first-order valence-corrected chi connectivity index (χ1v) is 7.65. The summed E-state index contributed by atoms with van der Waals surface area (Å²) >= 11 is 0. The van der Waals surface area contributed by atoms with Crippen molar-refractivity contribution in [3.8, 4) is 0 Å². The molecule has 4 nitrogen and oxygen atoms in total. The third-order valence-electron chi connectivity index (χ3n) is 5.36. The molecule has 1 spiro atoms. The molecule has 0 aromatic carbocycles. The second kappa shape index (κ2) is 4.54. The first-order chi connectivity index (χ1) is 9.24. The van der Waals surface area contributed by atoms with Gasteiger partial charge in [0.2, 0.25) is 0 Å². The Morgan fingerprint density at radius 1 is 1.00 bits per heavy atom. The van der Waals surface area contributed by atoms with E-state index in [9.17, 15) is 4.79 Å². The average Bonchev–Trinajstić information content (AvgIpc) is 3.19. The Morgan fingerprint density at radius 3 is 2.42 bits per heavy atom. The number of hydrogen-bond donors (Lipinski definition) is 0. The molecule has 0 N–H and O–H groups in total. The second-order valence-electron chi connectivity index (χ2n) is 6.82. The van der Waals surface area contributed by atoms with Gasteiger partial charge in [-0.2, -0.15) is 0 Å². The summed E-state index contributed by atoms with van der Waals surface area (Å²) in [6, 6.07) is 0. The van der Waals surface area contributed by atoms with E-state index in [0.717, 1.165) is 32.5 Å². The lowest BCUT2D eigenvalue weighted by Crippen LogP contribution is -2.47. The van der Waals surface area contributed by atoms with Crippen molar-refractivity contribution in [2.75, 3.05) is 13.2 Å². The molecule has 0 aromatic heterocycles. The fourth-order valence-corrected chi connectivity index (χ4v) is 3.97. The van der Waals surface area contributed by atoms with E-state index in [1.165, 1.54) is 12.8 Å².